The van der Waals surface area contributed by atoms with Crippen LogP contribution in [0.4, 0.5) is 5.69 Å². The number of ether oxygens (including phenoxy) is 1. The van der Waals surface area contributed by atoms with Crippen LogP contribution in [0.3, 0.4) is 0 Å². The molecule has 0 spiro atoms. The van der Waals surface area contributed by atoms with Gasteiger partial charge >= 0.3 is 0 Å². The highest BCUT2D eigenvalue weighted by Gasteiger charge is 2.10. The lowest BCUT2D eigenvalue weighted by Crippen LogP contribution is -2.20. The summed E-state index contributed by atoms with van der Waals surface area (Å²) in [5.74, 6) is 0.458. The minimum absolute atomic E-state index is 0.0410. The molecule has 0 fully saturated rings. The number of para-hydroxylation sites is 1. The SMILES string of the molecule is Cc1cc(-c2nc3ccccc3s2)ccc1NC(=O)COc1ccc(Br)cc1. The zero-order valence-corrected chi connectivity index (χ0v) is 17.5. The van der Waals surface area contributed by atoms with Crippen molar-refractivity contribution in [1.82, 2.24) is 4.98 Å². The largest absolute Gasteiger partial charge is 0.484 e. The van der Waals surface area contributed by atoms with Gasteiger partial charge < -0.3 is 10.1 Å². The summed E-state index contributed by atoms with van der Waals surface area (Å²) in [6.07, 6.45) is 0. The Kier molecular flexibility index (Phi) is 5.41. The van der Waals surface area contributed by atoms with E-state index < -0.39 is 0 Å². The molecule has 4 nitrogen and oxygen atoms in total. The number of hydrogen-bond acceptors (Lipinski definition) is 4. The molecule has 1 amide bonds. The summed E-state index contributed by atoms with van der Waals surface area (Å²) in [4.78, 5) is 16.9. The van der Waals surface area contributed by atoms with Crippen LogP contribution in [0.15, 0.2) is 71.2 Å². The van der Waals surface area contributed by atoms with Gasteiger partial charge in [0.25, 0.3) is 5.91 Å². The first-order valence-electron chi connectivity index (χ1n) is 8.73. The smallest absolute Gasteiger partial charge is 0.262 e. The molecule has 0 saturated heterocycles. The molecule has 3 aromatic carbocycles. The standard InChI is InChI=1S/C22H17BrN2O2S/c1-14-12-15(22-25-19-4-2-3-5-20(19)28-22)6-11-18(14)24-21(26)13-27-17-9-7-16(23)8-10-17/h2-12H,13H2,1H3,(H,24,26). The van der Waals surface area contributed by atoms with Crippen LogP contribution in [0.25, 0.3) is 20.8 Å². The molecule has 0 saturated carbocycles. The lowest BCUT2D eigenvalue weighted by Gasteiger charge is -2.10. The van der Waals surface area contributed by atoms with Gasteiger partial charge in [0.2, 0.25) is 0 Å². The van der Waals surface area contributed by atoms with Crippen LogP contribution in [-0.2, 0) is 4.79 Å². The van der Waals surface area contributed by atoms with E-state index in [-0.39, 0.29) is 12.5 Å². The quantitative estimate of drug-likeness (QED) is 0.400. The Balaban J connectivity index is 1.43. The molecular formula is C22H17BrN2O2S. The van der Waals surface area contributed by atoms with Crippen LogP contribution in [0.5, 0.6) is 5.75 Å². The summed E-state index contributed by atoms with van der Waals surface area (Å²) in [7, 11) is 0. The number of carbonyl (C=O) groups is 1. The van der Waals surface area contributed by atoms with Crippen LogP contribution in [0.2, 0.25) is 0 Å². The zero-order chi connectivity index (χ0) is 19.5. The molecule has 0 aliphatic rings. The molecule has 0 unspecified atom stereocenters. The normalized spacial score (nSPS) is 10.8. The minimum Gasteiger partial charge on any atom is -0.484 e. The monoisotopic (exact) mass is 452 g/mol. The fourth-order valence-electron chi connectivity index (χ4n) is 2.80. The van der Waals surface area contributed by atoms with Crippen molar-refractivity contribution >= 4 is 49.1 Å². The highest BCUT2D eigenvalue weighted by Crippen LogP contribution is 2.31. The number of nitrogens with zero attached hydrogens (tertiary/aromatic N) is 1. The first-order valence-corrected chi connectivity index (χ1v) is 10.3. The minimum atomic E-state index is -0.196. The Morgan fingerprint density at radius 1 is 1.11 bits per heavy atom. The summed E-state index contributed by atoms with van der Waals surface area (Å²) in [5, 5.41) is 3.88. The second kappa shape index (κ2) is 8.12. The van der Waals surface area contributed by atoms with Crippen LogP contribution in [-0.4, -0.2) is 17.5 Å². The van der Waals surface area contributed by atoms with Crippen molar-refractivity contribution in [2.45, 2.75) is 6.92 Å². The molecule has 28 heavy (non-hydrogen) atoms. The Morgan fingerprint density at radius 3 is 2.64 bits per heavy atom. The van der Waals surface area contributed by atoms with Gasteiger partial charge in [-0.25, -0.2) is 4.98 Å². The van der Waals surface area contributed by atoms with Crippen LogP contribution in [0.1, 0.15) is 5.56 Å². The summed E-state index contributed by atoms with van der Waals surface area (Å²) in [6, 6.07) is 21.4. The molecule has 0 bridgehead atoms. The predicted octanol–water partition coefficient (Wildman–Crippen LogP) is 6.05. The number of thiazole rings is 1. The third-order valence-corrected chi connectivity index (χ3v) is 5.84. The van der Waals surface area contributed by atoms with E-state index in [1.165, 1.54) is 0 Å². The Hall–Kier alpha value is -2.70. The topological polar surface area (TPSA) is 51.2 Å². The number of fused-ring (bicyclic) bond motifs is 1. The van der Waals surface area contributed by atoms with Crippen molar-refractivity contribution in [3.05, 3.63) is 76.8 Å². The molecule has 4 rings (SSSR count). The number of halogens is 1. The molecule has 1 N–H and O–H groups in total. The van der Waals surface area contributed by atoms with Crippen molar-refractivity contribution in [2.24, 2.45) is 0 Å². The second-order valence-electron chi connectivity index (χ2n) is 6.31. The van der Waals surface area contributed by atoms with E-state index >= 15 is 0 Å². The van der Waals surface area contributed by atoms with E-state index in [1.807, 2.05) is 67.6 Å². The van der Waals surface area contributed by atoms with E-state index in [9.17, 15) is 4.79 Å². The van der Waals surface area contributed by atoms with E-state index in [0.29, 0.717) is 5.75 Å². The highest BCUT2D eigenvalue weighted by molar-refractivity contribution is 9.10. The van der Waals surface area contributed by atoms with Gasteiger partial charge in [-0.3, -0.25) is 4.79 Å². The van der Waals surface area contributed by atoms with Gasteiger partial charge in [0.1, 0.15) is 10.8 Å². The molecule has 1 aromatic heterocycles. The fourth-order valence-corrected chi connectivity index (χ4v) is 4.02. The summed E-state index contributed by atoms with van der Waals surface area (Å²) >= 11 is 5.04. The van der Waals surface area contributed by atoms with E-state index in [1.54, 1.807) is 11.3 Å². The third kappa shape index (κ3) is 4.24. The van der Waals surface area contributed by atoms with Crippen molar-refractivity contribution < 1.29 is 9.53 Å². The summed E-state index contributed by atoms with van der Waals surface area (Å²) in [6.45, 7) is 1.93. The van der Waals surface area contributed by atoms with Gasteiger partial charge in [-0.15, -0.1) is 11.3 Å². The predicted molar refractivity (Wildman–Crippen MR) is 118 cm³/mol. The van der Waals surface area contributed by atoms with Gasteiger partial charge in [0.15, 0.2) is 6.61 Å². The van der Waals surface area contributed by atoms with Gasteiger partial charge in [-0.2, -0.15) is 0 Å². The van der Waals surface area contributed by atoms with E-state index in [4.69, 9.17) is 9.72 Å². The summed E-state index contributed by atoms with van der Waals surface area (Å²) < 4.78 is 7.65. The average molecular weight is 453 g/mol. The van der Waals surface area contributed by atoms with Crippen molar-refractivity contribution in [3.8, 4) is 16.3 Å². The van der Waals surface area contributed by atoms with E-state index in [0.717, 1.165) is 36.5 Å². The van der Waals surface area contributed by atoms with Crippen LogP contribution in [0, 0.1) is 6.92 Å². The number of anilines is 1. The number of benzene rings is 3. The molecule has 0 aliphatic heterocycles. The van der Waals surface area contributed by atoms with Gasteiger partial charge in [-0.1, -0.05) is 28.1 Å². The van der Waals surface area contributed by atoms with Crippen molar-refractivity contribution in [1.29, 1.82) is 0 Å². The van der Waals surface area contributed by atoms with Gasteiger partial charge in [0, 0.05) is 15.7 Å². The molecule has 0 radical (unpaired) electrons. The molecule has 6 heteroatoms. The number of aromatic nitrogens is 1. The lowest BCUT2D eigenvalue weighted by atomic mass is 10.1. The fraction of sp³-hybridized carbons (Fsp3) is 0.0909. The first-order chi connectivity index (χ1) is 13.6. The maximum absolute atomic E-state index is 12.2. The molecule has 140 valence electrons. The number of amides is 1. The Labute approximate surface area is 175 Å². The number of carbonyl (C=O) groups excluding carboxylic acids is 1. The zero-order valence-electron chi connectivity index (χ0n) is 15.1. The maximum atomic E-state index is 12.2. The number of rotatable bonds is 5. The molecule has 1 heterocycles. The van der Waals surface area contributed by atoms with E-state index in [2.05, 4.69) is 27.3 Å². The lowest BCUT2D eigenvalue weighted by molar-refractivity contribution is -0.118. The van der Waals surface area contributed by atoms with Crippen LogP contribution >= 0.6 is 27.3 Å². The number of hydrogen-bond donors (Lipinski definition) is 1. The number of nitrogens with one attached hydrogen (secondary N) is 1. The summed E-state index contributed by atoms with van der Waals surface area (Å²) in [5.41, 5.74) is 3.80. The van der Waals surface area contributed by atoms with Gasteiger partial charge in [0.05, 0.1) is 10.2 Å². The molecule has 0 atom stereocenters. The maximum Gasteiger partial charge on any atom is 0.262 e. The molecule has 4 aromatic rings. The highest BCUT2D eigenvalue weighted by atomic mass is 79.9. The Morgan fingerprint density at radius 2 is 1.89 bits per heavy atom. The third-order valence-electron chi connectivity index (χ3n) is 4.22. The molecule has 0 aliphatic carbocycles. The molecular weight excluding hydrogens is 436 g/mol. The number of aryl methyl sites for hydroxylation is 1. The van der Waals surface area contributed by atoms with Crippen LogP contribution < -0.4 is 10.1 Å². The average Bonchev–Trinajstić information content (AvgIpc) is 3.13. The first kappa shape index (κ1) is 18.7. The van der Waals surface area contributed by atoms with Crippen molar-refractivity contribution in [2.75, 3.05) is 11.9 Å². The Bertz CT molecular complexity index is 1110. The van der Waals surface area contributed by atoms with Crippen molar-refractivity contribution in [3.63, 3.8) is 0 Å². The van der Waals surface area contributed by atoms with Gasteiger partial charge in [-0.05, 0) is 67.1 Å². The second-order valence-corrected chi connectivity index (χ2v) is 8.25.